The van der Waals surface area contributed by atoms with Gasteiger partial charge in [0.25, 0.3) is 0 Å². The number of hydrogen-bond donors (Lipinski definition) is 2. The Morgan fingerprint density at radius 3 is 2.17 bits per heavy atom. The van der Waals surface area contributed by atoms with Crippen molar-refractivity contribution in [2.24, 2.45) is 0 Å². The van der Waals surface area contributed by atoms with Gasteiger partial charge in [0.05, 0.1) is 16.9 Å². The quantitative estimate of drug-likeness (QED) is 0.430. The molecule has 4 heteroatoms. The molecule has 0 bridgehead atoms. The normalized spacial score (nSPS) is 10.1. The maximum atomic E-state index is 12.1. The molecule has 0 radical (unpaired) electrons. The molecule has 0 aliphatic rings. The van der Waals surface area contributed by atoms with E-state index in [0.717, 1.165) is 11.4 Å². The highest BCUT2D eigenvalue weighted by Gasteiger charge is 2.10. The molecule has 0 saturated carbocycles. The number of esters is 1. The second-order valence-electron chi connectivity index (χ2n) is 5.00. The number of anilines is 3. The number of para-hydroxylation sites is 2. The van der Waals surface area contributed by atoms with Crippen molar-refractivity contribution in [2.75, 3.05) is 11.1 Å². The van der Waals surface area contributed by atoms with E-state index in [9.17, 15) is 4.79 Å². The third kappa shape index (κ3) is 3.68. The monoisotopic (exact) mass is 304 g/mol. The minimum atomic E-state index is -0.436. The summed E-state index contributed by atoms with van der Waals surface area (Å²) in [6, 6.07) is 23.7. The van der Waals surface area contributed by atoms with Crippen molar-refractivity contribution in [3.05, 3.63) is 84.4 Å². The average molecular weight is 304 g/mol. The average Bonchev–Trinajstić information content (AvgIpc) is 2.58. The Balaban J connectivity index is 1.75. The van der Waals surface area contributed by atoms with Crippen molar-refractivity contribution in [2.45, 2.75) is 0 Å². The summed E-state index contributed by atoms with van der Waals surface area (Å²) in [7, 11) is 0. The van der Waals surface area contributed by atoms with Crippen LogP contribution in [0.3, 0.4) is 0 Å². The number of hydrogen-bond acceptors (Lipinski definition) is 4. The third-order valence-corrected chi connectivity index (χ3v) is 3.29. The van der Waals surface area contributed by atoms with E-state index in [2.05, 4.69) is 5.32 Å². The highest BCUT2D eigenvalue weighted by Crippen LogP contribution is 2.24. The minimum absolute atomic E-state index is 0.407. The molecule has 0 spiro atoms. The van der Waals surface area contributed by atoms with Gasteiger partial charge in [-0.3, -0.25) is 0 Å². The number of nitrogens with two attached hydrogens (primary N) is 1. The highest BCUT2D eigenvalue weighted by atomic mass is 16.5. The first-order valence-corrected chi connectivity index (χ1v) is 7.21. The first kappa shape index (κ1) is 14.7. The van der Waals surface area contributed by atoms with Gasteiger partial charge in [0, 0.05) is 5.69 Å². The molecule has 0 aromatic heterocycles. The van der Waals surface area contributed by atoms with Crippen LogP contribution < -0.4 is 15.8 Å². The van der Waals surface area contributed by atoms with Gasteiger partial charge in [-0.1, -0.05) is 36.4 Å². The van der Waals surface area contributed by atoms with E-state index in [1.807, 2.05) is 48.5 Å². The zero-order valence-corrected chi connectivity index (χ0v) is 12.4. The Bertz CT molecular complexity index is 802. The van der Waals surface area contributed by atoms with Crippen molar-refractivity contribution in [1.29, 1.82) is 0 Å². The minimum Gasteiger partial charge on any atom is -0.423 e. The van der Waals surface area contributed by atoms with Crippen LogP contribution in [-0.4, -0.2) is 5.97 Å². The molecule has 4 nitrogen and oxygen atoms in total. The van der Waals surface area contributed by atoms with E-state index in [1.54, 1.807) is 30.3 Å². The van der Waals surface area contributed by atoms with Gasteiger partial charge in [0.15, 0.2) is 0 Å². The smallest absolute Gasteiger partial charge is 0.343 e. The molecule has 0 amide bonds. The van der Waals surface area contributed by atoms with Gasteiger partial charge in [0.2, 0.25) is 0 Å². The fourth-order valence-electron chi connectivity index (χ4n) is 2.14. The predicted octanol–water partition coefficient (Wildman–Crippen LogP) is 4.23. The molecule has 0 aliphatic carbocycles. The lowest BCUT2D eigenvalue weighted by Gasteiger charge is -2.11. The Labute approximate surface area is 134 Å². The van der Waals surface area contributed by atoms with Gasteiger partial charge in [0.1, 0.15) is 5.75 Å². The SMILES string of the molecule is Nc1cc(C(=O)Oc2ccccc2)ccc1Nc1ccccc1. The fourth-order valence-corrected chi connectivity index (χ4v) is 2.14. The number of ether oxygens (including phenoxy) is 1. The van der Waals surface area contributed by atoms with E-state index in [4.69, 9.17) is 10.5 Å². The molecule has 0 aliphatic heterocycles. The van der Waals surface area contributed by atoms with Crippen molar-refractivity contribution < 1.29 is 9.53 Å². The van der Waals surface area contributed by atoms with E-state index in [-0.39, 0.29) is 0 Å². The highest BCUT2D eigenvalue weighted by molar-refractivity contribution is 5.93. The van der Waals surface area contributed by atoms with Crippen molar-refractivity contribution in [1.82, 2.24) is 0 Å². The molecule has 114 valence electrons. The van der Waals surface area contributed by atoms with Crippen LogP contribution >= 0.6 is 0 Å². The lowest BCUT2D eigenvalue weighted by molar-refractivity contribution is 0.0735. The maximum absolute atomic E-state index is 12.1. The van der Waals surface area contributed by atoms with Crippen LogP contribution in [0.5, 0.6) is 5.75 Å². The topological polar surface area (TPSA) is 64.4 Å². The van der Waals surface area contributed by atoms with Crippen LogP contribution in [0.2, 0.25) is 0 Å². The standard InChI is InChI=1S/C19H16N2O2/c20-17-13-14(19(22)23-16-9-5-2-6-10-16)11-12-18(17)21-15-7-3-1-4-8-15/h1-13,21H,20H2. The Morgan fingerprint density at radius 1 is 0.870 bits per heavy atom. The van der Waals surface area contributed by atoms with Crippen LogP contribution in [0.25, 0.3) is 0 Å². The van der Waals surface area contributed by atoms with E-state index in [0.29, 0.717) is 17.0 Å². The number of nitrogen functional groups attached to an aromatic ring is 1. The molecule has 3 aromatic carbocycles. The number of benzene rings is 3. The molecular weight excluding hydrogens is 288 g/mol. The summed E-state index contributed by atoms with van der Waals surface area (Å²) in [5, 5.41) is 3.21. The Morgan fingerprint density at radius 2 is 1.52 bits per heavy atom. The van der Waals surface area contributed by atoms with Crippen molar-refractivity contribution >= 4 is 23.0 Å². The molecule has 0 unspecified atom stereocenters. The number of carbonyl (C=O) groups is 1. The Kier molecular flexibility index (Phi) is 4.25. The largest absolute Gasteiger partial charge is 0.423 e. The number of nitrogens with one attached hydrogen (secondary N) is 1. The Hall–Kier alpha value is -3.27. The molecule has 0 atom stereocenters. The molecule has 3 rings (SSSR count). The van der Waals surface area contributed by atoms with Gasteiger partial charge >= 0.3 is 5.97 Å². The number of carbonyl (C=O) groups excluding carboxylic acids is 1. The van der Waals surface area contributed by atoms with Crippen LogP contribution in [0, 0.1) is 0 Å². The molecule has 23 heavy (non-hydrogen) atoms. The van der Waals surface area contributed by atoms with Gasteiger partial charge < -0.3 is 15.8 Å². The van der Waals surface area contributed by atoms with Crippen LogP contribution in [0.15, 0.2) is 78.9 Å². The summed E-state index contributed by atoms with van der Waals surface area (Å²) in [5.41, 5.74) is 8.59. The molecule has 0 saturated heterocycles. The first-order chi connectivity index (χ1) is 11.2. The lowest BCUT2D eigenvalue weighted by Crippen LogP contribution is -2.09. The fraction of sp³-hybridized carbons (Fsp3) is 0. The molecule has 3 aromatic rings. The van der Waals surface area contributed by atoms with Crippen molar-refractivity contribution in [3.63, 3.8) is 0 Å². The van der Waals surface area contributed by atoms with Crippen molar-refractivity contribution in [3.8, 4) is 5.75 Å². The second-order valence-corrected chi connectivity index (χ2v) is 5.00. The van der Waals surface area contributed by atoms with Gasteiger partial charge in [-0.2, -0.15) is 0 Å². The van der Waals surface area contributed by atoms with E-state index in [1.165, 1.54) is 0 Å². The van der Waals surface area contributed by atoms with Crippen LogP contribution in [-0.2, 0) is 0 Å². The van der Waals surface area contributed by atoms with Gasteiger partial charge in [-0.05, 0) is 42.5 Å². The molecule has 0 heterocycles. The third-order valence-electron chi connectivity index (χ3n) is 3.29. The van der Waals surface area contributed by atoms with Crippen LogP contribution in [0.4, 0.5) is 17.1 Å². The summed E-state index contributed by atoms with van der Waals surface area (Å²) >= 11 is 0. The maximum Gasteiger partial charge on any atom is 0.343 e. The number of rotatable bonds is 4. The molecule has 3 N–H and O–H groups in total. The van der Waals surface area contributed by atoms with Crippen LogP contribution in [0.1, 0.15) is 10.4 Å². The lowest BCUT2D eigenvalue weighted by atomic mass is 10.1. The summed E-state index contributed by atoms with van der Waals surface area (Å²) in [5.74, 6) is 0.0664. The zero-order valence-electron chi connectivity index (χ0n) is 12.4. The van der Waals surface area contributed by atoms with Gasteiger partial charge in [-0.25, -0.2) is 4.79 Å². The molecular formula is C19H16N2O2. The predicted molar refractivity (Wildman–Crippen MR) is 92.0 cm³/mol. The van der Waals surface area contributed by atoms with E-state index < -0.39 is 5.97 Å². The first-order valence-electron chi connectivity index (χ1n) is 7.21. The summed E-state index contributed by atoms with van der Waals surface area (Å²) in [6.07, 6.45) is 0. The summed E-state index contributed by atoms with van der Waals surface area (Å²) in [6.45, 7) is 0. The molecule has 0 fully saturated rings. The summed E-state index contributed by atoms with van der Waals surface area (Å²) in [4.78, 5) is 12.1. The second kappa shape index (κ2) is 6.66. The van der Waals surface area contributed by atoms with Gasteiger partial charge in [-0.15, -0.1) is 0 Å². The zero-order chi connectivity index (χ0) is 16.1. The van der Waals surface area contributed by atoms with E-state index >= 15 is 0 Å². The summed E-state index contributed by atoms with van der Waals surface area (Å²) < 4.78 is 5.30.